The van der Waals surface area contributed by atoms with Crippen LogP contribution in [0.3, 0.4) is 0 Å². The average Bonchev–Trinajstić information content (AvgIpc) is 2.78. The number of hydrogen-bond acceptors (Lipinski definition) is 6. The molecule has 0 spiro atoms. The highest BCUT2D eigenvalue weighted by Crippen LogP contribution is 2.20. The predicted molar refractivity (Wildman–Crippen MR) is 122 cm³/mol. The lowest BCUT2D eigenvalue weighted by molar-refractivity contribution is -0.384. The van der Waals surface area contributed by atoms with Crippen molar-refractivity contribution in [3.05, 3.63) is 106 Å². The number of hydrogen-bond donors (Lipinski definition) is 1. The number of benzene rings is 3. The number of rotatable bonds is 8. The van der Waals surface area contributed by atoms with Gasteiger partial charge in [-0.25, -0.2) is 13.8 Å². The van der Waals surface area contributed by atoms with Crippen molar-refractivity contribution in [3.63, 3.8) is 0 Å². The number of hydrazone groups is 1. The van der Waals surface area contributed by atoms with Gasteiger partial charge >= 0.3 is 0 Å². The van der Waals surface area contributed by atoms with Gasteiger partial charge in [0.25, 0.3) is 11.6 Å². The first-order valence-electron chi connectivity index (χ1n) is 9.43. The van der Waals surface area contributed by atoms with Crippen molar-refractivity contribution >= 4 is 33.5 Å². The number of carbonyl (C=O) groups excluding carboxylic acids is 1. The van der Waals surface area contributed by atoms with Crippen LogP contribution in [0.25, 0.3) is 0 Å². The summed E-state index contributed by atoms with van der Waals surface area (Å²) in [6, 6.07) is 21.0. The quantitative estimate of drug-likeness (QED) is 0.319. The van der Waals surface area contributed by atoms with Crippen LogP contribution in [0.1, 0.15) is 21.5 Å². The first-order chi connectivity index (χ1) is 15.2. The van der Waals surface area contributed by atoms with Crippen LogP contribution in [0.15, 0.2) is 84.0 Å². The number of nitrogens with one attached hydrogen (secondary N) is 1. The number of carbonyl (C=O) groups is 1. The number of nitrogens with zero attached hydrogens (tertiary/aromatic N) is 3. The summed E-state index contributed by atoms with van der Waals surface area (Å²) in [6.45, 7) is 0.128. The maximum Gasteiger partial charge on any atom is 0.271 e. The van der Waals surface area contributed by atoms with Crippen LogP contribution in [-0.4, -0.2) is 31.7 Å². The second-order valence-corrected chi connectivity index (χ2v) is 8.76. The Labute approximate surface area is 185 Å². The topological polar surface area (TPSA) is 122 Å². The molecule has 0 heterocycles. The van der Waals surface area contributed by atoms with Crippen LogP contribution in [-0.2, 0) is 16.6 Å². The molecule has 0 saturated carbocycles. The van der Waals surface area contributed by atoms with Crippen LogP contribution >= 0.6 is 0 Å². The molecule has 1 amide bonds. The number of nitro benzene ring substituents is 1. The van der Waals surface area contributed by atoms with E-state index in [1.54, 1.807) is 48.5 Å². The van der Waals surface area contributed by atoms with Gasteiger partial charge in [0, 0.05) is 17.7 Å². The predicted octanol–water partition coefficient (Wildman–Crippen LogP) is 3.32. The summed E-state index contributed by atoms with van der Waals surface area (Å²) in [4.78, 5) is 22.4. The summed E-state index contributed by atoms with van der Waals surface area (Å²) in [7, 11) is -3.49. The fourth-order valence-electron chi connectivity index (χ4n) is 2.83. The monoisotopic (exact) mass is 452 g/mol. The molecule has 0 saturated heterocycles. The maximum atomic E-state index is 12.3. The number of amides is 1. The Morgan fingerprint density at radius 3 is 2.22 bits per heavy atom. The first-order valence-corrected chi connectivity index (χ1v) is 11.3. The second-order valence-electron chi connectivity index (χ2n) is 6.85. The minimum atomic E-state index is -3.49. The summed E-state index contributed by atoms with van der Waals surface area (Å²) in [5.41, 5.74) is 4.56. The van der Waals surface area contributed by atoms with Crippen LogP contribution in [0, 0.1) is 10.1 Å². The zero-order chi connectivity index (χ0) is 23.1. The fraction of sp³-hybridized carbons (Fsp3) is 0.0909. The molecule has 3 rings (SSSR count). The van der Waals surface area contributed by atoms with E-state index < -0.39 is 20.9 Å². The van der Waals surface area contributed by atoms with E-state index >= 15 is 0 Å². The van der Waals surface area contributed by atoms with Gasteiger partial charge in [-0.3, -0.25) is 19.2 Å². The number of para-hydroxylation sites is 1. The maximum absolute atomic E-state index is 12.3. The molecule has 0 atom stereocenters. The molecule has 164 valence electrons. The van der Waals surface area contributed by atoms with E-state index in [-0.39, 0.29) is 12.2 Å². The van der Waals surface area contributed by atoms with E-state index in [4.69, 9.17) is 0 Å². The molecule has 3 aromatic rings. The van der Waals surface area contributed by atoms with Gasteiger partial charge in [0.05, 0.1) is 29.6 Å². The minimum absolute atomic E-state index is 0.0343. The van der Waals surface area contributed by atoms with Crippen molar-refractivity contribution in [2.75, 3.05) is 10.6 Å². The van der Waals surface area contributed by atoms with Gasteiger partial charge in [-0.2, -0.15) is 5.10 Å². The third-order valence-electron chi connectivity index (χ3n) is 4.47. The fourth-order valence-corrected chi connectivity index (χ4v) is 3.72. The zero-order valence-electron chi connectivity index (χ0n) is 17.1. The van der Waals surface area contributed by atoms with Gasteiger partial charge in [0.1, 0.15) is 0 Å². The Hall–Kier alpha value is -4.05. The van der Waals surface area contributed by atoms with E-state index in [1.807, 2.05) is 6.07 Å². The highest BCUT2D eigenvalue weighted by atomic mass is 32.2. The summed E-state index contributed by atoms with van der Waals surface area (Å²) in [5.74, 6) is -0.447. The van der Waals surface area contributed by atoms with Gasteiger partial charge < -0.3 is 0 Å². The van der Waals surface area contributed by atoms with Crippen LogP contribution in [0.5, 0.6) is 0 Å². The first kappa shape index (κ1) is 22.6. The van der Waals surface area contributed by atoms with Crippen molar-refractivity contribution < 1.29 is 18.1 Å². The molecular formula is C22H20N4O5S. The van der Waals surface area contributed by atoms with Crippen LogP contribution in [0.4, 0.5) is 11.4 Å². The number of nitro groups is 1. The lowest BCUT2D eigenvalue weighted by atomic mass is 10.1. The Morgan fingerprint density at radius 1 is 1.03 bits per heavy atom. The number of sulfonamides is 1. The Morgan fingerprint density at radius 2 is 1.66 bits per heavy atom. The minimum Gasteiger partial charge on any atom is -0.267 e. The molecule has 9 nitrogen and oxygen atoms in total. The summed E-state index contributed by atoms with van der Waals surface area (Å²) in [6.07, 6.45) is 2.52. The van der Waals surface area contributed by atoms with Crippen LogP contribution in [0.2, 0.25) is 0 Å². The Kier molecular flexibility index (Phi) is 6.96. The molecule has 0 radical (unpaired) electrons. The standard InChI is InChI=1S/C22H20N4O5S/c1-32(30,31)25(20-5-3-2-4-6-20)16-18-7-11-19(12-8-18)22(27)24-23-15-17-9-13-21(14-10-17)26(28)29/h2-15H,16H2,1H3,(H,24,27)/b23-15-. The molecule has 0 bridgehead atoms. The van der Waals surface area contributed by atoms with Crippen molar-refractivity contribution in [2.24, 2.45) is 5.10 Å². The number of anilines is 1. The van der Waals surface area contributed by atoms with Crippen LogP contribution < -0.4 is 9.73 Å². The molecule has 0 aromatic heterocycles. The third kappa shape index (κ3) is 5.99. The summed E-state index contributed by atoms with van der Waals surface area (Å²) >= 11 is 0. The highest BCUT2D eigenvalue weighted by molar-refractivity contribution is 7.92. The molecule has 3 aromatic carbocycles. The van der Waals surface area contributed by atoms with E-state index in [1.165, 1.54) is 34.8 Å². The molecule has 1 N–H and O–H groups in total. The zero-order valence-corrected chi connectivity index (χ0v) is 17.9. The molecule has 0 aliphatic heterocycles. The van der Waals surface area contributed by atoms with Gasteiger partial charge in [0.15, 0.2) is 0 Å². The number of non-ortho nitro benzene ring substituents is 1. The van der Waals surface area contributed by atoms with Crippen molar-refractivity contribution in [1.29, 1.82) is 0 Å². The SMILES string of the molecule is CS(=O)(=O)N(Cc1ccc(C(=O)N/N=C\c2ccc([N+](=O)[O-])cc2)cc1)c1ccccc1. The van der Waals surface area contributed by atoms with E-state index in [2.05, 4.69) is 10.5 Å². The second kappa shape index (κ2) is 9.84. The smallest absolute Gasteiger partial charge is 0.267 e. The summed E-state index contributed by atoms with van der Waals surface area (Å²) < 4.78 is 25.7. The summed E-state index contributed by atoms with van der Waals surface area (Å²) in [5, 5.41) is 14.5. The molecule has 0 aliphatic rings. The Bertz CT molecular complexity index is 1230. The Balaban J connectivity index is 1.64. The van der Waals surface area contributed by atoms with E-state index in [0.717, 1.165) is 6.26 Å². The van der Waals surface area contributed by atoms with E-state index in [0.29, 0.717) is 22.4 Å². The normalized spacial score (nSPS) is 11.3. The molecule has 0 unspecified atom stereocenters. The molecule has 0 aliphatic carbocycles. The van der Waals surface area contributed by atoms with Gasteiger partial charge in [0.2, 0.25) is 10.0 Å². The lowest BCUT2D eigenvalue weighted by Gasteiger charge is -2.22. The van der Waals surface area contributed by atoms with Gasteiger partial charge in [-0.15, -0.1) is 0 Å². The van der Waals surface area contributed by atoms with Crippen molar-refractivity contribution in [2.45, 2.75) is 6.54 Å². The molecule has 0 fully saturated rings. The van der Waals surface area contributed by atoms with Gasteiger partial charge in [-0.1, -0.05) is 30.3 Å². The highest BCUT2D eigenvalue weighted by Gasteiger charge is 2.17. The largest absolute Gasteiger partial charge is 0.271 e. The molecule has 32 heavy (non-hydrogen) atoms. The average molecular weight is 452 g/mol. The van der Waals surface area contributed by atoms with E-state index in [9.17, 15) is 23.3 Å². The van der Waals surface area contributed by atoms with Crippen molar-refractivity contribution in [3.8, 4) is 0 Å². The molecular weight excluding hydrogens is 432 g/mol. The third-order valence-corrected chi connectivity index (χ3v) is 5.61. The van der Waals surface area contributed by atoms with Crippen molar-refractivity contribution in [1.82, 2.24) is 5.43 Å². The van der Waals surface area contributed by atoms with Gasteiger partial charge in [-0.05, 0) is 47.5 Å². The lowest BCUT2D eigenvalue weighted by Crippen LogP contribution is -2.29. The molecule has 10 heteroatoms.